The SMILES string of the molecule is c1ccc(C2(c3ccccc3)CCOC2(c2ccccc2)c2ccccc2)cc1. The molecular formula is C28H24O. The van der Waals surface area contributed by atoms with E-state index in [1.54, 1.807) is 0 Å². The third-order valence-electron chi connectivity index (χ3n) is 6.29. The summed E-state index contributed by atoms with van der Waals surface area (Å²) in [5.41, 5.74) is 4.04. The molecule has 1 fully saturated rings. The van der Waals surface area contributed by atoms with E-state index in [2.05, 4.69) is 121 Å². The van der Waals surface area contributed by atoms with E-state index >= 15 is 0 Å². The molecule has 0 amide bonds. The standard InChI is InChI=1S/C28H24O/c1-5-13-23(14-6-1)27(24-15-7-2-8-16-24)21-22-29-28(27,25-17-9-3-10-18-25)26-19-11-4-12-20-26/h1-20H,21-22H2. The van der Waals surface area contributed by atoms with E-state index in [4.69, 9.17) is 4.74 Å². The number of hydrogen-bond acceptors (Lipinski definition) is 1. The van der Waals surface area contributed by atoms with Crippen molar-refractivity contribution in [2.45, 2.75) is 17.4 Å². The smallest absolute Gasteiger partial charge is 0.132 e. The number of benzene rings is 4. The first-order valence-corrected chi connectivity index (χ1v) is 10.2. The Balaban J connectivity index is 1.90. The molecule has 4 aromatic rings. The van der Waals surface area contributed by atoms with E-state index in [0.717, 1.165) is 6.42 Å². The lowest BCUT2D eigenvalue weighted by molar-refractivity contribution is 0.00699. The predicted octanol–water partition coefficient (Wildman–Crippen LogP) is 6.34. The molecule has 1 heteroatoms. The van der Waals surface area contributed by atoms with Crippen molar-refractivity contribution in [3.05, 3.63) is 144 Å². The van der Waals surface area contributed by atoms with Crippen LogP contribution in [0.5, 0.6) is 0 Å². The third-order valence-corrected chi connectivity index (χ3v) is 6.29. The van der Waals surface area contributed by atoms with E-state index in [1.165, 1.54) is 22.3 Å². The van der Waals surface area contributed by atoms with Crippen molar-refractivity contribution in [2.75, 3.05) is 6.61 Å². The summed E-state index contributed by atoms with van der Waals surface area (Å²) in [5.74, 6) is 0. The molecule has 0 atom stereocenters. The van der Waals surface area contributed by atoms with Crippen LogP contribution in [-0.4, -0.2) is 6.61 Å². The van der Waals surface area contributed by atoms with Crippen LogP contribution in [0.1, 0.15) is 28.7 Å². The van der Waals surface area contributed by atoms with Crippen LogP contribution in [0.15, 0.2) is 121 Å². The maximum absolute atomic E-state index is 6.84. The molecule has 0 saturated carbocycles. The Morgan fingerprint density at radius 2 is 0.793 bits per heavy atom. The zero-order valence-electron chi connectivity index (χ0n) is 16.4. The molecule has 0 N–H and O–H groups in total. The fraction of sp³-hybridized carbons (Fsp3) is 0.143. The second-order valence-electron chi connectivity index (χ2n) is 7.65. The molecule has 1 aliphatic rings. The molecule has 5 rings (SSSR count). The summed E-state index contributed by atoms with van der Waals surface area (Å²) in [6.45, 7) is 0.702. The highest BCUT2D eigenvalue weighted by atomic mass is 16.5. The van der Waals surface area contributed by atoms with Gasteiger partial charge in [-0.1, -0.05) is 121 Å². The highest BCUT2D eigenvalue weighted by Gasteiger charge is 2.60. The second-order valence-corrected chi connectivity index (χ2v) is 7.65. The molecule has 1 aliphatic heterocycles. The summed E-state index contributed by atoms with van der Waals surface area (Å²) < 4.78 is 6.84. The van der Waals surface area contributed by atoms with Crippen LogP contribution in [0.2, 0.25) is 0 Å². The number of ether oxygens (including phenoxy) is 1. The van der Waals surface area contributed by atoms with Gasteiger partial charge in [0.1, 0.15) is 5.60 Å². The van der Waals surface area contributed by atoms with Crippen LogP contribution in [0, 0.1) is 0 Å². The van der Waals surface area contributed by atoms with Crippen LogP contribution in [0.4, 0.5) is 0 Å². The highest BCUT2D eigenvalue weighted by molar-refractivity contribution is 5.54. The van der Waals surface area contributed by atoms with Gasteiger partial charge in [0.05, 0.1) is 5.41 Å². The zero-order chi connectivity index (χ0) is 19.6. The fourth-order valence-electron chi connectivity index (χ4n) is 5.14. The summed E-state index contributed by atoms with van der Waals surface area (Å²) >= 11 is 0. The van der Waals surface area contributed by atoms with Gasteiger partial charge in [-0.3, -0.25) is 0 Å². The minimum Gasteiger partial charge on any atom is -0.364 e. The third kappa shape index (κ3) is 2.66. The van der Waals surface area contributed by atoms with Gasteiger partial charge in [0.2, 0.25) is 0 Å². The van der Waals surface area contributed by atoms with Crippen LogP contribution in [0.25, 0.3) is 0 Å². The van der Waals surface area contributed by atoms with Gasteiger partial charge in [0, 0.05) is 6.61 Å². The van der Waals surface area contributed by atoms with Crippen LogP contribution in [0.3, 0.4) is 0 Å². The van der Waals surface area contributed by atoms with Gasteiger partial charge >= 0.3 is 0 Å². The Labute approximate surface area is 172 Å². The van der Waals surface area contributed by atoms with Crippen LogP contribution >= 0.6 is 0 Å². The lowest BCUT2D eigenvalue weighted by Gasteiger charge is -2.46. The molecule has 142 valence electrons. The molecule has 0 unspecified atom stereocenters. The van der Waals surface area contributed by atoms with Crippen molar-refractivity contribution >= 4 is 0 Å². The molecule has 0 bridgehead atoms. The van der Waals surface area contributed by atoms with E-state index in [-0.39, 0.29) is 5.41 Å². The average Bonchev–Trinajstić information content (AvgIpc) is 3.24. The van der Waals surface area contributed by atoms with Crippen LogP contribution < -0.4 is 0 Å². The predicted molar refractivity (Wildman–Crippen MR) is 118 cm³/mol. The number of rotatable bonds is 4. The second kappa shape index (κ2) is 7.35. The number of hydrogen-bond donors (Lipinski definition) is 0. The first-order valence-electron chi connectivity index (χ1n) is 10.2. The Morgan fingerprint density at radius 3 is 1.17 bits per heavy atom. The molecule has 0 aliphatic carbocycles. The topological polar surface area (TPSA) is 9.23 Å². The van der Waals surface area contributed by atoms with Gasteiger partial charge in [0.15, 0.2) is 0 Å². The Bertz CT molecular complexity index is 888. The van der Waals surface area contributed by atoms with Crippen LogP contribution in [-0.2, 0) is 15.8 Å². The van der Waals surface area contributed by atoms with Gasteiger partial charge in [0.25, 0.3) is 0 Å². The molecule has 0 spiro atoms. The van der Waals surface area contributed by atoms with Gasteiger partial charge in [-0.25, -0.2) is 0 Å². The van der Waals surface area contributed by atoms with Gasteiger partial charge in [-0.2, -0.15) is 0 Å². The monoisotopic (exact) mass is 376 g/mol. The molecular weight excluding hydrogens is 352 g/mol. The summed E-state index contributed by atoms with van der Waals surface area (Å²) in [4.78, 5) is 0. The van der Waals surface area contributed by atoms with Crippen molar-refractivity contribution in [3.8, 4) is 0 Å². The first kappa shape index (κ1) is 17.9. The quantitative estimate of drug-likeness (QED) is 0.404. The molecule has 1 nitrogen and oxygen atoms in total. The molecule has 29 heavy (non-hydrogen) atoms. The van der Waals surface area contributed by atoms with Crippen molar-refractivity contribution in [3.63, 3.8) is 0 Å². The Hall–Kier alpha value is -3.16. The Kier molecular flexibility index (Phi) is 4.54. The van der Waals surface area contributed by atoms with E-state index in [9.17, 15) is 0 Å². The average molecular weight is 376 g/mol. The summed E-state index contributed by atoms with van der Waals surface area (Å²) in [5, 5.41) is 0. The molecule has 1 heterocycles. The van der Waals surface area contributed by atoms with Crippen molar-refractivity contribution in [1.29, 1.82) is 0 Å². The van der Waals surface area contributed by atoms with E-state index < -0.39 is 5.60 Å². The summed E-state index contributed by atoms with van der Waals surface area (Å²) in [7, 11) is 0. The maximum atomic E-state index is 6.84. The van der Waals surface area contributed by atoms with Crippen molar-refractivity contribution < 1.29 is 4.74 Å². The highest BCUT2D eigenvalue weighted by Crippen LogP contribution is 2.59. The normalized spacial score (nSPS) is 17.1. The fourth-order valence-corrected chi connectivity index (χ4v) is 5.14. The lowest BCUT2D eigenvalue weighted by atomic mass is 9.58. The van der Waals surface area contributed by atoms with E-state index in [0.29, 0.717) is 6.61 Å². The largest absolute Gasteiger partial charge is 0.364 e. The van der Waals surface area contributed by atoms with Gasteiger partial charge in [-0.05, 0) is 28.7 Å². The maximum Gasteiger partial charge on any atom is 0.132 e. The van der Waals surface area contributed by atoms with Crippen molar-refractivity contribution in [1.82, 2.24) is 0 Å². The molecule has 1 saturated heterocycles. The van der Waals surface area contributed by atoms with Gasteiger partial charge < -0.3 is 4.74 Å². The summed E-state index contributed by atoms with van der Waals surface area (Å²) in [6.07, 6.45) is 0.921. The van der Waals surface area contributed by atoms with Crippen molar-refractivity contribution in [2.24, 2.45) is 0 Å². The lowest BCUT2D eigenvalue weighted by Crippen LogP contribution is -2.48. The molecule has 0 aromatic heterocycles. The Morgan fingerprint density at radius 1 is 0.448 bits per heavy atom. The minimum absolute atomic E-state index is 0.321. The summed E-state index contributed by atoms with van der Waals surface area (Å²) in [6, 6.07) is 43.2. The minimum atomic E-state index is -0.599. The van der Waals surface area contributed by atoms with Gasteiger partial charge in [-0.15, -0.1) is 0 Å². The zero-order valence-corrected chi connectivity index (χ0v) is 16.4. The molecule has 0 radical (unpaired) electrons. The molecule has 4 aromatic carbocycles. The van der Waals surface area contributed by atoms with E-state index in [1.807, 2.05) is 0 Å². The first-order chi connectivity index (χ1) is 14.4.